The maximum absolute atomic E-state index is 6.16. The molecular formula is C18H29N3. The molecule has 1 aromatic rings. The topological polar surface area (TPSA) is 32.5 Å². The lowest BCUT2D eigenvalue weighted by molar-refractivity contribution is 0.312. The van der Waals surface area contributed by atoms with Crippen LogP contribution in [0.15, 0.2) is 24.3 Å². The zero-order valence-corrected chi connectivity index (χ0v) is 13.3. The van der Waals surface area contributed by atoms with Crippen molar-refractivity contribution in [3.8, 4) is 0 Å². The molecule has 1 atom stereocenters. The second-order valence-corrected chi connectivity index (χ2v) is 6.73. The molecule has 1 fully saturated rings. The number of rotatable bonds is 4. The molecule has 3 rings (SSSR count). The van der Waals surface area contributed by atoms with Gasteiger partial charge in [0.2, 0.25) is 0 Å². The highest BCUT2D eigenvalue weighted by Crippen LogP contribution is 2.35. The van der Waals surface area contributed by atoms with Crippen molar-refractivity contribution >= 4 is 11.4 Å². The highest BCUT2D eigenvalue weighted by Gasteiger charge is 2.27. The molecule has 0 saturated heterocycles. The molecule has 0 amide bonds. The summed E-state index contributed by atoms with van der Waals surface area (Å²) in [4.78, 5) is 4.93. The third kappa shape index (κ3) is 3.18. The van der Waals surface area contributed by atoms with Crippen LogP contribution < -0.4 is 15.5 Å². The van der Waals surface area contributed by atoms with E-state index in [0.29, 0.717) is 6.04 Å². The van der Waals surface area contributed by atoms with E-state index < -0.39 is 0 Å². The van der Waals surface area contributed by atoms with Crippen molar-refractivity contribution in [2.24, 2.45) is 11.7 Å². The van der Waals surface area contributed by atoms with Crippen LogP contribution in [0.2, 0.25) is 0 Å². The van der Waals surface area contributed by atoms with Crippen LogP contribution in [0.4, 0.5) is 11.4 Å². The number of hydrogen-bond acceptors (Lipinski definition) is 3. The molecule has 116 valence electrons. The van der Waals surface area contributed by atoms with Crippen LogP contribution in [-0.2, 0) is 0 Å². The van der Waals surface area contributed by atoms with Crippen LogP contribution in [0.1, 0.15) is 38.5 Å². The van der Waals surface area contributed by atoms with Crippen molar-refractivity contribution < 1.29 is 0 Å². The molecule has 1 unspecified atom stereocenters. The monoisotopic (exact) mass is 287 g/mol. The number of nitrogens with zero attached hydrogens (tertiary/aromatic N) is 2. The summed E-state index contributed by atoms with van der Waals surface area (Å²) >= 11 is 0. The van der Waals surface area contributed by atoms with Gasteiger partial charge in [0.1, 0.15) is 0 Å². The summed E-state index contributed by atoms with van der Waals surface area (Å²) < 4.78 is 0. The van der Waals surface area contributed by atoms with E-state index in [2.05, 4.69) is 41.1 Å². The number of hydrogen-bond donors (Lipinski definition) is 1. The van der Waals surface area contributed by atoms with Crippen LogP contribution in [0.25, 0.3) is 0 Å². The predicted octanol–water partition coefficient (Wildman–Crippen LogP) is 3.24. The maximum Gasteiger partial charge on any atom is 0.0607 e. The Kier molecular flexibility index (Phi) is 4.69. The summed E-state index contributed by atoms with van der Waals surface area (Å²) in [5.41, 5.74) is 8.88. The number of likely N-dealkylation sites (N-methyl/N-ethyl adjacent to an activating group) is 1. The fraction of sp³-hybridized carbons (Fsp3) is 0.667. The Balaban J connectivity index is 1.76. The SMILES string of the molecule is CN1CCN(C(CN)CC2CCCCC2)c2ccccc21. The van der Waals surface area contributed by atoms with Gasteiger partial charge in [-0.3, -0.25) is 0 Å². The minimum Gasteiger partial charge on any atom is -0.371 e. The third-order valence-electron chi connectivity index (χ3n) is 5.32. The Morgan fingerprint density at radius 3 is 2.52 bits per heavy atom. The number of nitrogens with two attached hydrogens (primary N) is 1. The molecular weight excluding hydrogens is 258 g/mol. The van der Waals surface area contributed by atoms with E-state index in [9.17, 15) is 0 Å². The van der Waals surface area contributed by atoms with E-state index in [-0.39, 0.29) is 0 Å². The van der Waals surface area contributed by atoms with Gasteiger partial charge in [0, 0.05) is 32.7 Å². The number of anilines is 2. The lowest BCUT2D eigenvalue weighted by Crippen LogP contribution is -2.48. The quantitative estimate of drug-likeness (QED) is 0.922. The van der Waals surface area contributed by atoms with Gasteiger partial charge in [0.15, 0.2) is 0 Å². The van der Waals surface area contributed by atoms with Gasteiger partial charge < -0.3 is 15.5 Å². The zero-order chi connectivity index (χ0) is 14.7. The fourth-order valence-electron chi connectivity index (χ4n) is 4.07. The normalized spacial score (nSPS) is 21.2. The van der Waals surface area contributed by atoms with Crippen LogP contribution in [0.3, 0.4) is 0 Å². The molecule has 2 N–H and O–H groups in total. The lowest BCUT2D eigenvalue weighted by atomic mass is 9.84. The highest BCUT2D eigenvalue weighted by atomic mass is 15.3. The number of benzene rings is 1. The standard InChI is InChI=1S/C18H29N3/c1-20-11-12-21(18-10-6-5-9-17(18)20)16(14-19)13-15-7-3-2-4-8-15/h5-6,9-10,15-16H,2-4,7-8,11-14,19H2,1H3. The second-order valence-electron chi connectivity index (χ2n) is 6.73. The Morgan fingerprint density at radius 1 is 1.10 bits per heavy atom. The highest BCUT2D eigenvalue weighted by molar-refractivity contribution is 5.73. The van der Waals surface area contributed by atoms with Gasteiger partial charge >= 0.3 is 0 Å². The van der Waals surface area contributed by atoms with Gasteiger partial charge in [-0.15, -0.1) is 0 Å². The first-order chi connectivity index (χ1) is 10.3. The van der Waals surface area contributed by atoms with Gasteiger partial charge in [-0.25, -0.2) is 0 Å². The number of fused-ring (bicyclic) bond motifs is 1. The minimum absolute atomic E-state index is 0.503. The molecule has 0 aromatic heterocycles. The first-order valence-corrected chi connectivity index (χ1v) is 8.56. The summed E-state index contributed by atoms with van der Waals surface area (Å²) in [5, 5.41) is 0. The third-order valence-corrected chi connectivity index (χ3v) is 5.32. The second kappa shape index (κ2) is 6.69. The largest absolute Gasteiger partial charge is 0.371 e. The summed E-state index contributed by atoms with van der Waals surface area (Å²) in [6.45, 7) is 2.97. The molecule has 21 heavy (non-hydrogen) atoms. The molecule has 1 heterocycles. The van der Waals surface area contributed by atoms with E-state index in [1.54, 1.807) is 0 Å². The lowest BCUT2D eigenvalue weighted by Gasteiger charge is -2.42. The molecule has 1 saturated carbocycles. The van der Waals surface area contributed by atoms with E-state index in [4.69, 9.17) is 5.73 Å². The van der Waals surface area contributed by atoms with Crippen LogP contribution in [0.5, 0.6) is 0 Å². The fourth-order valence-corrected chi connectivity index (χ4v) is 4.07. The Morgan fingerprint density at radius 2 is 1.81 bits per heavy atom. The van der Waals surface area contributed by atoms with Gasteiger partial charge in [-0.05, 0) is 24.5 Å². The molecule has 1 aliphatic heterocycles. The average molecular weight is 287 g/mol. The summed E-state index contributed by atoms with van der Waals surface area (Å²) in [5.74, 6) is 0.888. The van der Waals surface area contributed by atoms with Gasteiger partial charge in [-0.2, -0.15) is 0 Å². The van der Waals surface area contributed by atoms with E-state index in [0.717, 1.165) is 25.6 Å². The zero-order valence-electron chi connectivity index (χ0n) is 13.3. The Hall–Kier alpha value is -1.22. The van der Waals surface area contributed by atoms with Crippen LogP contribution >= 0.6 is 0 Å². The molecule has 1 aliphatic carbocycles. The Labute approximate surface area is 129 Å². The average Bonchev–Trinajstić information content (AvgIpc) is 2.55. The maximum atomic E-state index is 6.16. The molecule has 0 radical (unpaired) electrons. The van der Waals surface area contributed by atoms with Crippen molar-refractivity contribution in [3.05, 3.63) is 24.3 Å². The summed E-state index contributed by atoms with van der Waals surface area (Å²) in [7, 11) is 2.19. The first kappa shape index (κ1) is 14.7. The molecule has 0 bridgehead atoms. The van der Waals surface area contributed by atoms with Crippen molar-refractivity contribution in [2.75, 3.05) is 36.5 Å². The van der Waals surface area contributed by atoms with Crippen molar-refractivity contribution in [1.29, 1.82) is 0 Å². The van der Waals surface area contributed by atoms with Crippen molar-refractivity contribution in [1.82, 2.24) is 0 Å². The molecule has 3 heteroatoms. The first-order valence-electron chi connectivity index (χ1n) is 8.56. The molecule has 2 aliphatic rings. The van der Waals surface area contributed by atoms with Crippen molar-refractivity contribution in [2.45, 2.75) is 44.6 Å². The molecule has 1 aromatic carbocycles. The van der Waals surface area contributed by atoms with Gasteiger partial charge in [0.05, 0.1) is 11.4 Å². The van der Waals surface area contributed by atoms with E-state index >= 15 is 0 Å². The smallest absolute Gasteiger partial charge is 0.0607 e. The van der Waals surface area contributed by atoms with E-state index in [1.165, 1.54) is 49.9 Å². The van der Waals surface area contributed by atoms with E-state index in [1.807, 2.05) is 0 Å². The molecule has 0 spiro atoms. The number of para-hydroxylation sites is 2. The molecule has 3 nitrogen and oxygen atoms in total. The van der Waals surface area contributed by atoms with Crippen LogP contribution in [-0.4, -0.2) is 32.7 Å². The van der Waals surface area contributed by atoms with Gasteiger partial charge in [0.25, 0.3) is 0 Å². The Bertz CT molecular complexity index is 454. The van der Waals surface area contributed by atoms with Crippen molar-refractivity contribution in [3.63, 3.8) is 0 Å². The minimum atomic E-state index is 0.503. The van der Waals surface area contributed by atoms with Gasteiger partial charge in [-0.1, -0.05) is 44.2 Å². The van der Waals surface area contributed by atoms with Crippen LogP contribution in [0, 0.1) is 5.92 Å². The summed E-state index contributed by atoms with van der Waals surface area (Å²) in [6, 6.07) is 9.28. The summed E-state index contributed by atoms with van der Waals surface area (Å²) in [6.07, 6.45) is 8.36. The predicted molar refractivity (Wildman–Crippen MR) is 91.1 cm³/mol.